The highest BCUT2D eigenvalue weighted by Crippen LogP contribution is 2.00. The van der Waals surface area contributed by atoms with Crippen molar-refractivity contribution in [2.75, 3.05) is 11.6 Å². The molecule has 6 heteroatoms. The molecule has 0 aliphatic rings. The van der Waals surface area contributed by atoms with Crippen molar-refractivity contribution in [2.24, 2.45) is 0 Å². The molecule has 2 atom stereocenters. The minimum atomic E-state index is -3.23. The number of rotatable bonds is 7. The minimum absolute atomic E-state index is 0.0423. The summed E-state index contributed by atoms with van der Waals surface area (Å²) in [6.07, 6.45) is 0.360. The van der Waals surface area contributed by atoms with Crippen LogP contribution in [0, 0.1) is 0 Å². The van der Waals surface area contributed by atoms with Gasteiger partial charge in [-0.1, -0.05) is 0 Å². The second-order valence-electron chi connectivity index (χ2n) is 3.47. The van der Waals surface area contributed by atoms with Gasteiger partial charge in [-0.05, 0) is 26.7 Å². The Morgan fingerprint density at radius 1 is 1.43 bits per heavy atom. The van der Waals surface area contributed by atoms with Crippen LogP contribution in [0.1, 0.15) is 26.7 Å². The van der Waals surface area contributed by atoms with Gasteiger partial charge in [0.2, 0.25) is 10.0 Å². The second-order valence-corrected chi connectivity index (χ2v) is 5.72. The lowest BCUT2D eigenvalue weighted by Crippen LogP contribution is -2.36. The monoisotopic (exact) mass is 243 g/mol. The standard InChI is InChI=1S/C8H18ClNO3S/c1-7(6-8(2)11)10-14(12,13)5-3-4-9/h7-8,10-11H,3-6H2,1-2H3. The lowest BCUT2D eigenvalue weighted by molar-refractivity contribution is 0.175. The molecule has 0 aromatic rings. The van der Waals surface area contributed by atoms with Crippen LogP contribution in [0.25, 0.3) is 0 Å². The van der Waals surface area contributed by atoms with Gasteiger partial charge in [-0.15, -0.1) is 11.6 Å². The summed E-state index contributed by atoms with van der Waals surface area (Å²) in [4.78, 5) is 0. The van der Waals surface area contributed by atoms with Crippen LogP contribution in [0.3, 0.4) is 0 Å². The van der Waals surface area contributed by atoms with Crippen molar-refractivity contribution in [1.29, 1.82) is 0 Å². The number of aliphatic hydroxyl groups excluding tert-OH is 1. The lowest BCUT2D eigenvalue weighted by Gasteiger charge is -2.15. The summed E-state index contributed by atoms with van der Waals surface area (Å²) in [5, 5.41) is 9.04. The number of hydrogen-bond acceptors (Lipinski definition) is 3. The van der Waals surface area contributed by atoms with Gasteiger partial charge in [0, 0.05) is 11.9 Å². The van der Waals surface area contributed by atoms with E-state index in [1.54, 1.807) is 13.8 Å². The minimum Gasteiger partial charge on any atom is -0.393 e. The fourth-order valence-corrected chi connectivity index (χ4v) is 2.81. The van der Waals surface area contributed by atoms with Gasteiger partial charge in [0.25, 0.3) is 0 Å². The summed E-state index contributed by atoms with van der Waals surface area (Å²) in [6.45, 7) is 3.36. The van der Waals surface area contributed by atoms with Crippen molar-refractivity contribution in [2.45, 2.75) is 38.8 Å². The Balaban J connectivity index is 3.96. The van der Waals surface area contributed by atoms with Gasteiger partial charge in [-0.2, -0.15) is 0 Å². The Morgan fingerprint density at radius 3 is 2.43 bits per heavy atom. The number of alkyl halides is 1. The molecule has 2 N–H and O–H groups in total. The summed E-state index contributed by atoms with van der Waals surface area (Å²) in [5.41, 5.74) is 0. The Bertz CT molecular complexity index is 241. The van der Waals surface area contributed by atoms with Crippen molar-refractivity contribution < 1.29 is 13.5 Å². The SMILES string of the molecule is CC(O)CC(C)NS(=O)(=O)CCCCl. The normalized spacial score (nSPS) is 16.6. The van der Waals surface area contributed by atoms with Gasteiger partial charge in [-0.3, -0.25) is 0 Å². The first-order valence-electron chi connectivity index (χ1n) is 4.61. The molecule has 0 aromatic carbocycles. The smallest absolute Gasteiger partial charge is 0.211 e. The first-order valence-corrected chi connectivity index (χ1v) is 6.80. The van der Waals surface area contributed by atoms with Crippen LogP contribution in [0.5, 0.6) is 0 Å². The molecule has 0 rings (SSSR count). The van der Waals surface area contributed by atoms with Crippen LogP contribution in [0.4, 0.5) is 0 Å². The maximum absolute atomic E-state index is 11.3. The van der Waals surface area contributed by atoms with E-state index in [1.807, 2.05) is 0 Å². The number of halogens is 1. The number of nitrogens with one attached hydrogen (secondary N) is 1. The Kier molecular flexibility index (Phi) is 6.68. The average molecular weight is 244 g/mol. The van der Waals surface area contributed by atoms with Crippen LogP contribution in [0.15, 0.2) is 0 Å². The van der Waals surface area contributed by atoms with Gasteiger partial charge in [0.05, 0.1) is 11.9 Å². The van der Waals surface area contributed by atoms with Crippen molar-refractivity contribution in [3.05, 3.63) is 0 Å². The number of sulfonamides is 1. The van der Waals surface area contributed by atoms with Crippen LogP contribution < -0.4 is 4.72 Å². The van der Waals surface area contributed by atoms with Gasteiger partial charge in [0.15, 0.2) is 0 Å². The molecule has 0 aliphatic heterocycles. The third-order valence-electron chi connectivity index (χ3n) is 1.62. The van der Waals surface area contributed by atoms with Crippen LogP contribution >= 0.6 is 11.6 Å². The fraction of sp³-hybridized carbons (Fsp3) is 1.00. The van der Waals surface area contributed by atoms with Crippen LogP contribution in [-0.4, -0.2) is 37.3 Å². The van der Waals surface area contributed by atoms with E-state index in [0.29, 0.717) is 18.7 Å². The van der Waals surface area contributed by atoms with Crippen molar-refractivity contribution in [3.8, 4) is 0 Å². The van der Waals surface area contributed by atoms with Crippen molar-refractivity contribution in [3.63, 3.8) is 0 Å². The molecule has 0 bridgehead atoms. The van der Waals surface area contributed by atoms with E-state index in [-0.39, 0.29) is 11.8 Å². The van der Waals surface area contributed by atoms with E-state index in [0.717, 1.165) is 0 Å². The predicted molar refractivity (Wildman–Crippen MR) is 58.0 cm³/mol. The molecule has 0 heterocycles. The maximum Gasteiger partial charge on any atom is 0.211 e. The average Bonchev–Trinajstić information content (AvgIpc) is 1.98. The summed E-state index contributed by atoms with van der Waals surface area (Å²) < 4.78 is 25.1. The van der Waals surface area contributed by atoms with Crippen molar-refractivity contribution >= 4 is 21.6 Å². The molecular formula is C8H18ClNO3S. The summed E-state index contributed by atoms with van der Waals surface area (Å²) in [6, 6.07) is -0.240. The molecule has 86 valence electrons. The van der Waals surface area contributed by atoms with Crippen LogP contribution in [0.2, 0.25) is 0 Å². The molecule has 2 unspecified atom stereocenters. The molecular weight excluding hydrogens is 226 g/mol. The van der Waals surface area contributed by atoms with Gasteiger partial charge in [-0.25, -0.2) is 13.1 Å². The maximum atomic E-state index is 11.3. The number of aliphatic hydroxyl groups is 1. The van der Waals surface area contributed by atoms with Gasteiger partial charge in [0.1, 0.15) is 0 Å². The van der Waals surface area contributed by atoms with E-state index < -0.39 is 16.1 Å². The number of hydrogen-bond donors (Lipinski definition) is 2. The topological polar surface area (TPSA) is 66.4 Å². The zero-order valence-corrected chi connectivity index (χ0v) is 10.1. The molecule has 0 amide bonds. The molecule has 4 nitrogen and oxygen atoms in total. The van der Waals surface area contributed by atoms with Crippen LogP contribution in [-0.2, 0) is 10.0 Å². The molecule has 0 fully saturated rings. The lowest BCUT2D eigenvalue weighted by atomic mass is 10.2. The Labute approximate surface area is 90.7 Å². The first kappa shape index (κ1) is 14.2. The summed E-state index contributed by atoms with van der Waals surface area (Å²) in [5.74, 6) is 0.381. The second kappa shape index (κ2) is 6.61. The molecule has 0 saturated heterocycles. The quantitative estimate of drug-likeness (QED) is 0.647. The molecule has 0 spiro atoms. The molecule has 0 aromatic heterocycles. The predicted octanol–water partition coefficient (Wildman–Crippen LogP) is 0.694. The molecule has 0 radical (unpaired) electrons. The Hall–Kier alpha value is 0.160. The van der Waals surface area contributed by atoms with Crippen molar-refractivity contribution in [1.82, 2.24) is 4.72 Å². The van der Waals surface area contributed by atoms with Gasteiger partial charge < -0.3 is 5.11 Å². The van der Waals surface area contributed by atoms with E-state index in [2.05, 4.69) is 4.72 Å². The van der Waals surface area contributed by atoms with E-state index >= 15 is 0 Å². The highest BCUT2D eigenvalue weighted by molar-refractivity contribution is 7.89. The van der Waals surface area contributed by atoms with E-state index in [4.69, 9.17) is 16.7 Å². The first-order chi connectivity index (χ1) is 6.37. The summed E-state index contributed by atoms with van der Waals surface area (Å²) in [7, 11) is -3.23. The van der Waals surface area contributed by atoms with Gasteiger partial charge >= 0.3 is 0 Å². The van der Waals surface area contributed by atoms with E-state index in [1.165, 1.54) is 0 Å². The molecule has 0 aliphatic carbocycles. The highest BCUT2D eigenvalue weighted by atomic mass is 35.5. The molecule has 0 saturated carbocycles. The zero-order chi connectivity index (χ0) is 11.2. The Morgan fingerprint density at radius 2 is 2.00 bits per heavy atom. The molecule has 14 heavy (non-hydrogen) atoms. The zero-order valence-electron chi connectivity index (χ0n) is 8.53. The third-order valence-corrected chi connectivity index (χ3v) is 3.48. The highest BCUT2D eigenvalue weighted by Gasteiger charge is 2.14. The van der Waals surface area contributed by atoms with E-state index in [9.17, 15) is 8.42 Å². The third kappa shape index (κ3) is 7.55. The fourth-order valence-electron chi connectivity index (χ4n) is 1.17. The largest absolute Gasteiger partial charge is 0.393 e. The summed E-state index contributed by atoms with van der Waals surface area (Å²) >= 11 is 5.40.